The lowest BCUT2D eigenvalue weighted by Gasteiger charge is -2.32. The summed E-state index contributed by atoms with van der Waals surface area (Å²) in [6.07, 6.45) is 0.857. The van der Waals surface area contributed by atoms with Crippen LogP contribution in [0.5, 0.6) is 0 Å². The normalized spacial score (nSPS) is 15.0. The molecule has 1 atom stereocenters. The molecule has 1 aliphatic heterocycles. The SMILES string of the molecule is CC(C)[C@@H](NC(=O)c1ccc(F)cc1)C(=O)N1CCc2sccc2C1. The largest absolute Gasteiger partial charge is 0.340 e. The van der Waals surface area contributed by atoms with Crippen LogP contribution in [0.3, 0.4) is 0 Å². The molecule has 1 N–H and O–H groups in total. The Kier molecular flexibility index (Phi) is 5.18. The molecule has 0 spiro atoms. The second kappa shape index (κ2) is 7.35. The zero-order chi connectivity index (χ0) is 18.0. The van der Waals surface area contributed by atoms with Gasteiger partial charge in [-0.25, -0.2) is 4.39 Å². The Labute approximate surface area is 150 Å². The van der Waals surface area contributed by atoms with E-state index in [0.29, 0.717) is 18.7 Å². The average Bonchev–Trinajstić information content (AvgIpc) is 3.06. The van der Waals surface area contributed by atoms with Crippen molar-refractivity contribution < 1.29 is 14.0 Å². The maximum Gasteiger partial charge on any atom is 0.251 e. The average molecular weight is 360 g/mol. The summed E-state index contributed by atoms with van der Waals surface area (Å²) in [6, 6.07) is 6.78. The van der Waals surface area contributed by atoms with Gasteiger partial charge in [-0.15, -0.1) is 11.3 Å². The molecule has 2 heterocycles. The van der Waals surface area contributed by atoms with Crippen LogP contribution in [0.4, 0.5) is 4.39 Å². The minimum absolute atomic E-state index is 0.0410. The van der Waals surface area contributed by atoms with Crippen LogP contribution >= 0.6 is 11.3 Å². The van der Waals surface area contributed by atoms with E-state index in [2.05, 4.69) is 16.8 Å². The summed E-state index contributed by atoms with van der Waals surface area (Å²) in [4.78, 5) is 28.5. The van der Waals surface area contributed by atoms with Crippen molar-refractivity contribution in [3.05, 3.63) is 57.5 Å². The van der Waals surface area contributed by atoms with E-state index in [4.69, 9.17) is 0 Å². The van der Waals surface area contributed by atoms with E-state index in [1.165, 1.54) is 34.7 Å². The van der Waals surface area contributed by atoms with Gasteiger partial charge >= 0.3 is 0 Å². The number of thiophene rings is 1. The molecule has 3 rings (SSSR count). The summed E-state index contributed by atoms with van der Waals surface area (Å²) in [5.41, 5.74) is 1.54. The Bertz CT molecular complexity index is 770. The molecule has 1 aromatic carbocycles. The van der Waals surface area contributed by atoms with Gasteiger partial charge in [-0.3, -0.25) is 9.59 Å². The lowest BCUT2D eigenvalue weighted by molar-refractivity contribution is -0.135. The van der Waals surface area contributed by atoms with Crippen molar-refractivity contribution in [1.82, 2.24) is 10.2 Å². The standard InChI is InChI=1S/C19H21FN2O2S/c1-12(2)17(21-18(23)13-3-5-15(20)6-4-13)19(24)22-9-7-16-14(11-22)8-10-25-16/h3-6,8,10,12,17H,7,9,11H2,1-2H3,(H,21,23)/t17-/m1/s1. The molecule has 0 radical (unpaired) electrons. The van der Waals surface area contributed by atoms with Crippen LogP contribution in [0, 0.1) is 11.7 Å². The number of hydrogen-bond donors (Lipinski definition) is 1. The van der Waals surface area contributed by atoms with Gasteiger partial charge in [0.05, 0.1) is 0 Å². The molecule has 0 bridgehead atoms. The highest BCUT2D eigenvalue weighted by Gasteiger charge is 2.31. The summed E-state index contributed by atoms with van der Waals surface area (Å²) in [5.74, 6) is -0.865. The number of amides is 2. The molecule has 1 aliphatic rings. The molecular weight excluding hydrogens is 339 g/mol. The Hall–Kier alpha value is -2.21. The summed E-state index contributed by atoms with van der Waals surface area (Å²) in [7, 11) is 0. The molecule has 132 valence electrons. The van der Waals surface area contributed by atoms with Gasteiger partial charge in [0.2, 0.25) is 5.91 Å². The first-order chi connectivity index (χ1) is 12.0. The molecule has 4 nitrogen and oxygen atoms in total. The van der Waals surface area contributed by atoms with E-state index in [9.17, 15) is 14.0 Å². The highest BCUT2D eigenvalue weighted by atomic mass is 32.1. The highest BCUT2D eigenvalue weighted by Crippen LogP contribution is 2.25. The highest BCUT2D eigenvalue weighted by molar-refractivity contribution is 7.10. The van der Waals surface area contributed by atoms with E-state index in [1.54, 1.807) is 11.3 Å². The number of carbonyl (C=O) groups is 2. The Morgan fingerprint density at radius 3 is 2.60 bits per heavy atom. The Morgan fingerprint density at radius 1 is 1.20 bits per heavy atom. The molecule has 25 heavy (non-hydrogen) atoms. The Morgan fingerprint density at radius 2 is 1.92 bits per heavy atom. The van der Waals surface area contributed by atoms with Crippen molar-refractivity contribution >= 4 is 23.2 Å². The van der Waals surface area contributed by atoms with Crippen LogP contribution in [0.15, 0.2) is 35.7 Å². The fraction of sp³-hybridized carbons (Fsp3) is 0.368. The van der Waals surface area contributed by atoms with Gasteiger partial charge in [-0.2, -0.15) is 0 Å². The fourth-order valence-corrected chi connectivity index (χ4v) is 3.86. The quantitative estimate of drug-likeness (QED) is 0.910. The first kappa shape index (κ1) is 17.6. The van der Waals surface area contributed by atoms with Crippen LogP contribution in [0.1, 0.15) is 34.6 Å². The third-order valence-corrected chi connectivity index (χ3v) is 5.47. The number of halogens is 1. The molecule has 0 saturated carbocycles. The van der Waals surface area contributed by atoms with E-state index in [1.807, 2.05) is 18.7 Å². The second-order valence-corrected chi connectivity index (χ2v) is 7.58. The van der Waals surface area contributed by atoms with Gasteiger partial charge in [-0.1, -0.05) is 13.8 Å². The minimum atomic E-state index is -0.599. The van der Waals surface area contributed by atoms with Crippen molar-refractivity contribution in [2.45, 2.75) is 32.9 Å². The fourth-order valence-electron chi connectivity index (χ4n) is 2.97. The van der Waals surface area contributed by atoms with E-state index in [0.717, 1.165) is 6.42 Å². The maximum atomic E-state index is 13.0. The summed E-state index contributed by atoms with van der Waals surface area (Å²) >= 11 is 1.72. The molecule has 0 saturated heterocycles. The molecule has 2 aromatic rings. The monoisotopic (exact) mass is 360 g/mol. The summed E-state index contributed by atoms with van der Waals surface area (Å²) < 4.78 is 13.0. The zero-order valence-corrected chi connectivity index (χ0v) is 15.1. The van der Waals surface area contributed by atoms with Crippen molar-refractivity contribution in [3.63, 3.8) is 0 Å². The van der Waals surface area contributed by atoms with Gasteiger partial charge in [0, 0.05) is 23.5 Å². The van der Waals surface area contributed by atoms with Crippen molar-refractivity contribution in [1.29, 1.82) is 0 Å². The molecule has 6 heteroatoms. The molecular formula is C19H21FN2O2S. The number of nitrogens with one attached hydrogen (secondary N) is 1. The van der Waals surface area contributed by atoms with Crippen LogP contribution in [0.25, 0.3) is 0 Å². The van der Waals surface area contributed by atoms with Gasteiger partial charge in [0.15, 0.2) is 0 Å². The smallest absolute Gasteiger partial charge is 0.251 e. The van der Waals surface area contributed by atoms with E-state index >= 15 is 0 Å². The van der Waals surface area contributed by atoms with Gasteiger partial charge < -0.3 is 10.2 Å². The first-order valence-electron chi connectivity index (χ1n) is 8.36. The number of rotatable bonds is 4. The summed E-state index contributed by atoms with van der Waals surface area (Å²) in [5, 5.41) is 4.87. The lowest BCUT2D eigenvalue weighted by atomic mass is 10.0. The number of nitrogens with zero attached hydrogens (tertiary/aromatic N) is 1. The predicted octanol–water partition coefficient (Wildman–Crippen LogP) is 3.23. The van der Waals surface area contributed by atoms with Gasteiger partial charge in [-0.05, 0) is 53.6 Å². The molecule has 2 amide bonds. The predicted molar refractivity (Wildman–Crippen MR) is 95.9 cm³/mol. The Balaban J connectivity index is 1.71. The van der Waals surface area contributed by atoms with Gasteiger partial charge in [0.25, 0.3) is 5.91 Å². The van der Waals surface area contributed by atoms with Crippen LogP contribution in [-0.4, -0.2) is 29.3 Å². The van der Waals surface area contributed by atoms with E-state index < -0.39 is 11.9 Å². The molecule has 0 unspecified atom stereocenters. The topological polar surface area (TPSA) is 49.4 Å². The first-order valence-corrected chi connectivity index (χ1v) is 9.24. The van der Waals surface area contributed by atoms with E-state index in [-0.39, 0.29) is 17.7 Å². The molecule has 1 aromatic heterocycles. The van der Waals surface area contributed by atoms with Crippen molar-refractivity contribution in [2.75, 3.05) is 6.54 Å². The third-order valence-electron chi connectivity index (χ3n) is 4.45. The number of hydrogen-bond acceptors (Lipinski definition) is 3. The number of fused-ring (bicyclic) bond motifs is 1. The number of carbonyl (C=O) groups excluding carboxylic acids is 2. The van der Waals surface area contributed by atoms with Crippen molar-refractivity contribution in [3.8, 4) is 0 Å². The number of benzene rings is 1. The zero-order valence-electron chi connectivity index (χ0n) is 14.3. The molecule has 0 fully saturated rings. The minimum Gasteiger partial charge on any atom is -0.340 e. The third kappa shape index (κ3) is 3.90. The molecule has 0 aliphatic carbocycles. The lowest BCUT2D eigenvalue weighted by Crippen LogP contribution is -2.52. The van der Waals surface area contributed by atoms with Crippen LogP contribution < -0.4 is 5.32 Å². The van der Waals surface area contributed by atoms with Crippen molar-refractivity contribution in [2.24, 2.45) is 5.92 Å². The van der Waals surface area contributed by atoms with Gasteiger partial charge in [0.1, 0.15) is 11.9 Å². The van der Waals surface area contributed by atoms with Crippen LogP contribution in [-0.2, 0) is 17.8 Å². The second-order valence-electron chi connectivity index (χ2n) is 6.58. The maximum absolute atomic E-state index is 13.0. The summed E-state index contributed by atoms with van der Waals surface area (Å²) in [6.45, 7) is 5.08. The van der Waals surface area contributed by atoms with Crippen LogP contribution in [0.2, 0.25) is 0 Å².